The predicted molar refractivity (Wildman–Crippen MR) is 66.5 cm³/mol. The summed E-state index contributed by atoms with van der Waals surface area (Å²) >= 11 is 6.14. The Kier molecular flexibility index (Phi) is 4.22. The van der Waals surface area contributed by atoms with Gasteiger partial charge in [-0.3, -0.25) is 0 Å². The average molecular weight is 260 g/mol. The fraction of sp³-hybridized carbons (Fsp3) is 0.583. The number of esters is 1. The lowest BCUT2D eigenvalue weighted by Crippen LogP contribution is -2.35. The van der Waals surface area contributed by atoms with E-state index >= 15 is 0 Å². The monoisotopic (exact) mass is 259 g/mol. The Morgan fingerprint density at radius 1 is 1.59 bits per heavy atom. The first-order valence-corrected chi connectivity index (χ1v) is 5.81. The van der Waals surface area contributed by atoms with Gasteiger partial charge >= 0.3 is 5.97 Å². The Morgan fingerprint density at radius 3 is 2.65 bits per heavy atom. The van der Waals surface area contributed by atoms with Gasteiger partial charge in [0.25, 0.3) is 0 Å². The number of hydrogen-bond acceptors (Lipinski definition) is 4. The number of halogens is 1. The summed E-state index contributed by atoms with van der Waals surface area (Å²) < 4.78 is 5.28. The van der Waals surface area contributed by atoms with Crippen molar-refractivity contribution >= 4 is 17.6 Å². The minimum absolute atomic E-state index is 0.234. The van der Waals surface area contributed by atoms with Crippen LogP contribution in [0.5, 0.6) is 0 Å². The molecule has 0 aliphatic carbocycles. The zero-order valence-electron chi connectivity index (χ0n) is 10.5. The molecule has 1 atom stereocenters. The molecule has 0 saturated carbocycles. The highest BCUT2D eigenvalue weighted by Crippen LogP contribution is 2.26. The van der Waals surface area contributed by atoms with Crippen molar-refractivity contribution in [3.8, 4) is 0 Å². The largest absolute Gasteiger partial charge is 0.457 e. The van der Waals surface area contributed by atoms with Crippen LogP contribution in [0.3, 0.4) is 0 Å². The number of aliphatic hydroxyl groups is 1. The van der Waals surface area contributed by atoms with Gasteiger partial charge in [-0.15, -0.1) is 0 Å². The standard InChI is InChI=1S/C12H18ClNO3/c1-12(2,3)17-11(16)9-8(7-15)5-6-14(4)10(9)13/h5-6,10,15H,7H2,1-4H3. The van der Waals surface area contributed by atoms with E-state index in [1.807, 2.05) is 0 Å². The lowest BCUT2D eigenvalue weighted by Gasteiger charge is -2.30. The molecule has 0 fully saturated rings. The molecule has 0 aromatic carbocycles. The SMILES string of the molecule is CN1C=CC(CO)=C(C(=O)OC(C)(C)C)C1Cl. The Morgan fingerprint density at radius 2 is 2.18 bits per heavy atom. The van der Waals surface area contributed by atoms with E-state index in [1.165, 1.54) is 0 Å². The van der Waals surface area contributed by atoms with E-state index in [2.05, 4.69) is 0 Å². The van der Waals surface area contributed by atoms with Crippen LogP contribution in [0, 0.1) is 0 Å². The van der Waals surface area contributed by atoms with E-state index in [4.69, 9.17) is 16.3 Å². The summed E-state index contributed by atoms with van der Waals surface area (Å²) in [6, 6.07) is 0. The van der Waals surface area contributed by atoms with Crippen LogP contribution in [0.2, 0.25) is 0 Å². The highest BCUT2D eigenvalue weighted by molar-refractivity contribution is 6.25. The third kappa shape index (κ3) is 3.48. The molecule has 1 aliphatic heterocycles. The molecule has 0 radical (unpaired) electrons. The zero-order chi connectivity index (χ0) is 13.2. The minimum Gasteiger partial charge on any atom is -0.457 e. The van der Waals surface area contributed by atoms with Gasteiger partial charge in [0.1, 0.15) is 11.1 Å². The van der Waals surface area contributed by atoms with Crippen molar-refractivity contribution < 1.29 is 14.6 Å². The van der Waals surface area contributed by atoms with Crippen molar-refractivity contribution in [1.29, 1.82) is 0 Å². The third-order valence-corrected chi connectivity index (χ3v) is 2.77. The second-order valence-electron chi connectivity index (χ2n) is 4.92. The van der Waals surface area contributed by atoms with Gasteiger partial charge in [0.05, 0.1) is 12.2 Å². The number of carbonyl (C=O) groups is 1. The number of alkyl halides is 1. The quantitative estimate of drug-likeness (QED) is 0.465. The summed E-state index contributed by atoms with van der Waals surface area (Å²) in [5, 5.41) is 9.22. The van der Waals surface area contributed by atoms with Crippen LogP contribution in [-0.2, 0) is 9.53 Å². The maximum Gasteiger partial charge on any atom is 0.338 e. The van der Waals surface area contributed by atoms with Crippen molar-refractivity contribution in [2.24, 2.45) is 0 Å². The van der Waals surface area contributed by atoms with E-state index in [-0.39, 0.29) is 6.61 Å². The van der Waals surface area contributed by atoms with E-state index in [0.29, 0.717) is 11.1 Å². The molecular formula is C12H18ClNO3. The van der Waals surface area contributed by atoms with Crippen LogP contribution < -0.4 is 0 Å². The van der Waals surface area contributed by atoms with Crippen LogP contribution in [0.1, 0.15) is 20.8 Å². The first-order valence-electron chi connectivity index (χ1n) is 5.37. The van der Waals surface area contributed by atoms with Gasteiger partial charge in [-0.25, -0.2) is 4.79 Å². The topological polar surface area (TPSA) is 49.8 Å². The molecule has 0 aromatic rings. The van der Waals surface area contributed by atoms with E-state index < -0.39 is 17.1 Å². The molecule has 0 amide bonds. The zero-order valence-corrected chi connectivity index (χ0v) is 11.3. The second-order valence-corrected chi connectivity index (χ2v) is 5.33. The first-order chi connectivity index (χ1) is 7.76. The normalized spacial score (nSPS) is 20.8. The minimum atomic E-state index is -0.614. The van der Waals surface area contributed by atoms with Gasteiger partial charge in [-0.05, 0) is 32.4 Å². The number of ether oxygens (including phenoxy) is 1. The second kappa shape index (κ2) is 5.10. The summed E-state index contributed by atoms with van der Waals surface area (Å²) in [7, 11) is 1.76. The maximum atomic E-state index is 12.0. The van der Waals surface area contributed by atoms with Gasteiger partial charge < -0.3 is 14.7 Å². The van der Waals surface area contributed by atoms with Crippen molar-refractivity contribution in [1.82, 2.24) is 4.90 Å². The maximum absolute atomic E-state index is 12.0. The molecule has 4 nitrogen and oxygen atoms in total. The van der Waals surface area contributed by atoms with E-state index in [9.17, 15) is 9.90 Å². The summed E-state index contributed by atoms with van der Waals surface area (Å²) in [4.78, 5) is 13.7. The number of nitrogens with zero attached hydrogens (tertiary/aromatic N) is 1. The molecule has 1 heterocycles. The van der Waals surface area contributed by atoms with E-state index in [0.717, 1.165) is 0 Å². The van der Waals surface area contributed by atoms with Gasteiger partial charge in [-0.2, -0.15) is 0 Å². The number of rotatable bonds is 2. The number of hydrogen-bond donors (Lipinski definition) is 1. The van der Waals surface area contributed by atoms with Gasteiger partial charge in [-0.1, -0.05) is 11.6 Å². The highest BCUT2D eigenvalue weighted by Gasteiger charge is 2.30. The van der Waals surface area contributed by atoms with Gasteiger partial charge in [0.2, 0.25) is 0 Å². The van der Waals surface area contributed by atoms with Crippen molar-refractivity contribution in [3.05, 3.63) is 23.4 Å². The Bertz CT molecular complexity index is 368. The summed E-state index contributed by atoms with van der Waals surface area (Å²) in [5.41, 5.74) is -0.399. The lowest BCUT2D eigenvalue weighted by molar-refractivity contribution is -0.150. The first kappa shape index (κ1) is 14.1. The van der Waals surface area contributed by atoms with Gasteiger partial charge in [0, 0.05) is 13.2 Å². The predicted octanol–water partition coefficient (Wildman–Crippen LogP) is 1.64. The average Bonchev–Trinajstić information content (AvgIpc) is 2.19. The molecule has 96 valence electrons. The Balaban J connectivity index is 3.02. The van der Waals surface area contributed by atoms with Crippen LogP contribution in [0.15, 0.2) is 23.4 Å². The third-order valence-electron chi connectivity index (χ3n) is 2.24. The van der Waals surface area contributed by atoms with E-state index in [1.54, 1.807) is 45.0 Å². The van der Waals surface area contributed by atoms with Crippen molar-refractivity contribution in [2.45, 2.75) is 31.9 Å². The molecule has 1 unspecified atom stereocenters. The van der Waals surface area contributed by atoms with Gasteiger partial charge in [0.15, 0.2) is 0 Å². The number of carbonyl (C=O) groups excluding carboxylic acids is 1. The van der Waals surface area contributed by atoms with Crippen LogP contribution in [0.25, 0.3) is 0 Å². The molecule has 1 rings (SSSR count). The molecule has 1 N–H and O–H groups in total. The molecule has 1 aliphatic rings. The Labute approximate surface area is 107 Å². The molecule has 17 heavy (non-hydrogen) atoms. The number of aliphatic hydroxyl groups excluding tert-OH is 1. The van der Waals surface area contributed by atoms with Crippen LogP contribution >= 0.6 is 11.6 Å². The molecule has 0 bridgehead atoms. The van der Waals surface area contributed by atoms with Crippen molar-refractivity contribution in [3.63, 3.8) is 0 Å². The highest BCUT2D eigenvalue weighted by atomic mass is 35.5. The molecule has 0 saturated heterocycles. The summed E-state index contributed by atoms with van der Waals surface area (Å²) in [5.74, 6) is -0.488. The smallest absolute Gasteiger partial charge is 0.338 e. The number of likely N-dealkylation sites (N-methyl/N-ethyl adjacent to an activating group) is 1. The lowest BCUT2D eigenvalue weighted by atomic mass is 10.0. The molecule has 0 aromatic heterocycles. The molecule has 0 spiro atoms. The molecule has 5 heteroatoms. The van der Waals surface area contributed by atoms with Crippen LogP contribution in [-0.4, -0.2) is 40.7 Å². The molecular weight excluding hydrogens is 242 g/mol. The van der Waals surface area contributed by atoms with Crippen molar-refractivity contribution in [2.75, 3.05) is 13.7 Å². The van der Waals surface area contributed by atoms with Crippen LogP contribution in [0.4, 0.5) is 0 Å². The fourth-order valence-electron chi connectivity index (χ4n) is 1.43. The fourth-order valence-corrected chi connectivity index (χ4v) is 1.72. The summed E-state index contributed by atoms with van der Waals surface area (Å²) in [6.45, 7) is 5.13. The summed E-state index contributed by atoms with van der Waals surface area (Å²) in [6.07, 6.45) is 3.38. The Hall–Kier alpha value is -1.00.